The van der Waals surface area contributed by atoms with E-state index in [1.165, 1.54) is 7.11 Å². The van der Waals surface area contributed by atoms with Gasteiger partial charge in [0.15, 0.2) is 0 Å². The van der Waals surface area contributed by atoms with Gasteiger partial charge in [0.2, 0.25) is 0 Å². The van der Waals surface area contributed by atoms with Crippen molar-refractivity contribution in [2.75, 3.05) is 30.8 Å². The molecule has 1 fully saturated rings. The number of nitrogens with zero attached hydrogens (tertiary/aromatic N) is 1. The van der Waals surface area contributed by atoms with Crippen LogP contribution in [0.5, 0.6) is 5.75 Å². The molecule has 0 unspecified atom stereocenters. The number of hydrogen-bond donors (Lipinski definition) is 1. The van der Waals surface area contributed by atoms with E-state index < -0.39 is 12.1 Å². The first-order chi connectivity index (χ1) is 9.32. The van der Waals surface area contributed by atoms with Crippen molar-refractivity contribution < 1.29 is 17.9 Å². The highest BCUT2D eigenvalue weighted by atomic mass is 79.9. The van der Waals surface area contributed by atoms with E-state index >= 15 is 0 Å². The molecule has 0 spiro atoms. The average molecular weight is 353 g/mol. The molecule has 1 aromatic rings. The van der Waals surface area contributed by atoms with Gasteiger partial charge in [-0.25, -0.2) is 0 Å². The van der Waals surface area contributed by atoms with Gasteiger partial charge in [-0.1, -0.05) is 15.9 Å². The van der Waals surface area contributed by atoms with Gasteiger partial charge >= 0.3 is 6.18 Å². The predicted molar refractivity (Wildman–Crippen MR) is 76.1 cm³/mol. The van der Waals surface area contributed by atoms with Crippen LogP contribution in [0.3, 0.4) is 0 Å². The Kier molecular flexibility index (Phi) is 4.36. The highest BCUT2D eigenvalue weighted by molar-refractivity contribution is 9.10. The van der Waals surface area contributed by atoms with Crippen LogP contribution >= 0.6 is 15.9 Å². The van der Waals surface area contributed by atoms with E-state index in [1.54, 1.807) is 6.07 Å². The maximum absolute atomic E-state index is 12.7. The quantitative estimate of drug-likeness (QED) is 0.822. The third-order valence-corrected chi connectivity index (χ3v) is 4.06. The van der Waals surface area contributed by atoms with Crippen LogP contribution in [0.25, 0.3) is 0 Å². The number of alkyl halides is 3. The number of piperidine rings is 1. The van der Waals surface area contributed by atoms with Gasteiger partial charge in [-0.3, -0.25) is 0 Å². The summed E-state index contributed by atoms with van der Waals surface area (Å²) in [6, 6.07) is 3.55. The molecule has 1 aliphatic heterocycles. The molecule has 1 saturated heterocycles. The number of nitrogen functional groups attached to an aromatic ring is 1. The zero-order chi connectivity index (χ0) is 14.9. The Morgan fingerprint density at radius 3 is 2.40 bits per heavy atom. The molecule has 3 nitrogen and oxygen atoms in total. The second-order valence-electron chi connectivity index (χ2n) is 4.84. The predicted octanol–water partition coefficient (Wildman–Crippen LogP) is 3.82. The van der Waals surface area contributed by atoms with Crippen LogP contribution in [0.4, 0.5) is 24.5 Å². The molecule has 0 bridgehead atoms. The Balaban J connectivity index is 2.17. The molecule has 0 atom stereocenters. The van der Waals surface area contributed by atoms with Gasteiger partial charge in [0.1, 0.15) is 5.75 Å². The number of hydrogen-bond acceptors (Lipinski definition) is 3. The number of benzene rings is 1. The standard InChI is InChI=1S/C13H16BrF3N2O/c1-20-11-7-9(14)6-10(12(11)18)19-4-2-8(3-5-19)13(15,16)17/h6-8H,2-5,18H2,1H3. The zero-order valence-electron chi connectivity index (χ0n) is 11.0. The molecule has 0 aromatic heterocycles. The summed E-state index contributed by atoms with van der Waals surface area (Å²) < 4.78 is 43.9. The minimum absolute atomic E-state index is 0.0950. The second-order valence-corrected chi connectivity index (χ2v) is 5.76. The van der Waals surface area contributed by atoms with E-state index in [4.69, 9.17) is 10.5 Å². The first-order valence-electron chi connectivity index (χ1n) is 6.27. The van der Waals surface area contributed by atoms with Crippen molar-refractivity contribution in [3.05, 3.63) is 16.6 Å². The second kappa shape index (κ2) is 5.71. The van der Waals surface area contributed by atoms with E-state index in [0.29, 0.717) is 24.5 Å². The smallest absolute Gasteiger partial charge is 0.391 e. The average Bonchev–Trinajstić information content (AvgIpc) is 2.40. The molecule has 7 heteroatoms. The molecule has 0 saturated carbocycles. The Hall–Kier alpha value is -1.11. The first kappa shape index (κ1) is 15.3. The van der Waals surface area contributed by atoms with Gasteiger partial charge in [-0.05, 0) is 25.0 Å². The van der Waals surface area contributed by atoms with Crippen molar-refractivity contribution in [1.29, 1.82) is 0 Å². The summed E-state index contributed by atoms with van der Waals surface area (Å²) in [5.74, 6) is -0.693. The maximum Gasteiger partial charge on any atom is 0.391 e. The summed E-state index contributed by atoms with van der Waals surface area (Å²) >= 11 is 3.36. The number of anilines is 2. The van der Waals surface area contributed by atoms with E-state index in [0.717, 1.165) is 10.2 Å². The highest BCUT2D eigenvalue weighted by Crippen LogP contribution is 2.40. The summed E-state index contributed by atoms with van der Waals surface area (Å²) in [4.78, 5) is 1.88. The summed E-state index contributed by atoms with van der Waals surface area (Å²) in [7, 11) is 1.51. The lowest BCUT2D eigenvalue weighted by molar-refractivity contribution is -0.179. The fourth-order valence-corrected chi connectivity index (χ4v) is 2.88. The van der Waals surface area contributed by atoms with Crippen LogP contribution < -0.4 is 15.4 Å². The van der Waals surface area contributed by atoms with Crippen LogP contribution in [0, 0.1) is 5.92 Å². The number of methoxy groups -OCH3 is 1. The number of rotatable bonds is 2. The first-order valence-corrected chi connectivity index (χ1v) is 7.07. The molecule has 2 rings (SSSR count). The van der Waals surface area contributed by atoms with Gasteiger partial charge in [0, 0.05) is 17.6 Å². The Morgan fingerprint density at radius 1 is 1.30 bits per heavy atom. The largest absolute Gasteiger partial charge is 0.494 e. The number of nitrogens with two attached hydrogens (primary N) is 1. The lowest BCUT2D eigenvalue weighted by Crippen LogP contribution is -2.39. The fraction of sp³-hybridized carbons (Fsp3) is 0.538. The summed E-state index contributed by atoms with van der Waals surface area (Å²) in [6.07, 6.45) is -3.91. The molecule has 1 aliphatic rings. The molecule has 0 aliphatic carbocycles. The molecule has 2 N–H and O–H groups in total. The summed E-state index contributed by atoms with van der Waals surface area (Å²) in [5, 5.41) is 0. The van der Waals surface area contributed by atoms with Crippen molar-refractivity contribution in [3.8, 4) is 5.75 Å². The minimum atomic E-state index is -4.10. The number of halogens is 4. The molecule has 1 heterocycles. The van der Waals surface area contributed by atoms with Crippen molar-refractivity contribution in [1.82, 2.24) is 0 Å². The minimum Gasteiger partial charge on any atom is -0.494 e. The molecule has 0 radical (unpaired) electrons. The van der Waals surface area contributed by atoms with Gasteiger partial charge in [0.05, 0.1) is 24.4 Å². The van der Waals surface area contributed by atoms with Crippen LogP contribution in [0.2, 0.25) is 0 Å². The summed E-state index contributed by atoms with van der Waals surface area (Å²) in [5.41, 5.74) is 7.18. The monoisotopic (exact) mass is 352 g/mol. The molecule has 1 aromatic carbocycles. The van der Waals surface area contributed by atoms with Crippen molar-refractivity contribution in [2.45, 2.75) is 19.0 Å². The molecule has 0 amide bonds. The van der Waals surface area contributed by atoms with E-state index in [2.05, 4.69) is 15.9 Å². The van der Waals surface area contributed by atoms with Gasteiger partial charge in [-0.2, -0.15) is 13.2 Å². The fourth-order valence-electron chi connectivity index (χ4n) is 2.46. The lowest BCUT2D eigenvalue weighted by Gasteiger charge is -2.35. The SMILES string of the molecule is COc1cc(Br)cc(N2CCC(C(F)(F)F)CC2)c1N. The Labute approximate surface area is 124 Å². The molecule has 112 valence electrons. The van der Waals surface area contributed by atoms with Crippen LogP contribution in [-0.2, 0) is 0 Å². The van der Waals surface area contributed by atoms with Crippen LogP contribution in [0.15, 0.2) is 16.6 Å². The topological polar surface area (TPSA) is 38.5 Å². The third-order valence-electron chi connectivity index (χ3n) is 3.60. The highest BCUT2D eigenvalue weighted by Gasteiger charge is 2.41. The van der Waals surface area contributed by atoms with Gasteiger partial charge in [-0.15, -0.1) is 0 Å². The molecular weight excluding hydrogens is 337 g/mol. The van der Waals surface area contributed by atoms with E-state index in [9.17, 15) is 13.2 Å². The Morgan fingerprint density at radius 2 is 1.90 bits per heavy atom. The van der Waals surface area contributed by atoms with Crippen molar-refractivity contribution >= 4 is 27.3 Å². The normalized spacial score (nSPS) is 17.4. The zero-order valence-corrected chi connectivity index (χ0v) is 12.6. The summed E-state index contributed by atoms with van der Waals surface area (Å²) in [6.45, 7) is 0.683. The van der Waals surface area contributed by atoms with Crippen LogP contribution in [0.1, 0.15) is 12.8 Å². The van der Waals surface area contributed by atoms with Crippen molar-refractivity contribution in [2.24, 2.45) is 5.92 Å². The third kappa shape index (κ3) is 3.13. The van der Waals surface area contributed by atoms with Gasteiger partial charge in [0.25, 0.3) is 0 Å². The Bertz CT molecular complexity index is 485. The maximum atomic E-state index is 12.7. The number of ether oxygens (including phenoxy) is 1. The van der Waals surface area contributed by atoms with E-state index in [-0.39, 0.29) is 12.8 Å². The lowest BCUT2D eigenvalue weighted by atomic mass is 9.96. The van der Waals surface area contributed by atoms with E-state index in [1.807, 2.05) is 11.0 Å². The van der Waals surface area contributed by atoms with Gasteiger partial charge < -0.3 is 15.4 Å². The van der Waals surface area contributed by atoms with Crippen LogP contribution in [-0.4, -0.2) is 26.4 Å². The molecule has 20 heavy (non-hydrogen) atoms. The van der Waals surface area contributed by atoms with Crippen molar-refractivity contribution in [3.63, 3.8) is 0 Å². The molecular formula is C13H16BrF3N2O.